The Hall–Kier alpha value is -2.34. The van der Waals surface area contributed by atoms with Crippen LogP contribution in [-0.2, 0) is 6.54 Å². The van der Waals surface area contributed by atoms with Crippen LogP contribution in [0.15, 0.2) is 43.0 Å². The molecule has 1 unspecified atom stereocenters. The van der Waals surface area contributed by atoms with E-state index in [-0.39, 0.29) is 24.6 Å². The topological polar surface area (TPSA) is 79.2 Å². The number of carbonyl (C=O) groups is 1. The van der Waals surface area contributed by atoms with Gasteiger partial charge in [0.15, 0.2) is 0 Å². The van der Waals surface area contributed by atoms with Gasteiger partial charge in [-0.2, -0.15) is 0 Å². The summed E-state index contributed by atoms with van der Waals surface area (Å²) in [6.07, 6.45) is 5.92. The van der Waals surface area contributed by atoms with Crippen LogP contribution in [-0.4, -0.2) is 33.3 Å². The molecule has 0 saturated heterocycles. The molecule has 1 aromatic heterocycles. The molecule has 0 spiro atoms. The van der Waals surface area contributed by atoms with Gasteiger partial charge < -0.3 is 20.3 Å². The summed E-state index contributed by atoms with van der Waals surface area (Å²) in [6.45, 7) is 4.57. The zero-order valence-electron chi connectivity index (χ0n) is 13.6. The number of carbonyl (C=O) groups excluding carboxylic acids is 1. The molecule has 0 aliphatic rings. The molecule has 6 heteroatoms. The fraction of sp³-hybridized carbons (Fsp3) is 0.412. The molecule has 0 aliphatic heterocycles. The van der Waals surface area contributed by atoms with Crippen LogP contribution in [0.3, 0.4) is 0 Å². The summed E-state index contributed by atoms with van der Waals surface area (Å²) < 4.78 is 1.92. The molecule has 0 saturated carbocycles. The molecule has 23 heavy (non-hydrogen) atoms. The highest BCUT2D eigenvalue weighted by Crippen LogP contribution is 2.09. The molecule has 0 radical (unpaired) electrons. The quantitative estimate of drug-likeness (QED) is 0.732. The summed E-state index contributed by atoms with van der Waals surface area (Å²) in [5.41, 5.74) is 2.05. The van der Waals surface area contributed by atoms with Gasteiger partial charge in [-0.1, -0.05) is 26.0 Å². The van der Waals surface area contributed by atoms with E-state index in [1.807, 2.05) is 48.9 Å². The Bertz CT molecular complexity index is 594. The van der Waals surface area contributed by atoms with Gasteiger partial charge in [-0.3, -0.25) is 0 Å². The summed E-state index contributed by atoms with van der Waals surface area (Å²) in [5.74, 6) is 0.280. The molecule has 2 aromatic rings. The maximum atomic E-state index is 11.9. The number of benzene rings is 1. The van der Waals surface area contributed by atoms with Crippen LogP contribution in [0.5, 0.6) is 0 Å². The molecule has 0 fully saturated rings. The van der Waals surface area contributed by atoms with Gasteiger partial charge >= 0.3 is 6.03 Å². The molecule has 2 rings (SSSR count). The minimum Gasteiger partial charge on any atom is -0.396 e. The molecular weight excluding hydrogens is 292 g/mol. The first-order chi connectivity index (χ1) is 11.1. The van der Waals surface area contributed by atoms with E-state index in [1.165, 1.54) is 0 Å². The predicted molar refractivity (Wildman–Crippen MR) is 89.3 cm³/mol. The van der Waals surface area contributed by atoms with Crippen LogP contribution in [0, 0.1) is 5.92 Å². The largest absolute Gasteiger partial charge is 0.396 e. The number of aliphatic hydroxyl groups excluding tert-OH is 1. The Morgan fingerprint density at radius 1 is 1.30 bits per heavy atom. The SMILES string of the molecule is CC(C)C(CCO)NC(=O)NCc1ccc(-n2ccnc2)cc1. The van der Waals surface area contributed by atoms with Crippen molar-refractivity contribution in [1.29, 1.82) is 0 Å². The number of rotatable bonds is 7. The lowest BCUT2D eigenvalue weighted by Gasteiger charge is -2.21. The molecular formula is C17H24N4O2. The van der Waals surface area contributed by atoms with E-state index in [9.17, 15) is 4.79 Å². The smallest absolute Gasteiger partial charge is 0.315 e. The molecule has 0 aliphatic carbocycles. The van der Waals surface area contributed by atoms with Crippen LogP contribution < -0.4 is 10.6 Å². The maximum Gasteiger partial charge on any atom is 0.315 e. The van der Waals surface area contributed by atoms with Crippen molar-refractivity contribution in [2.24, 2.45) is 5.92 Å². The van der Waals surface area contributed by atoms with E-state index in [2.05, 4.69) is 15.6 Å². The maximum absolute atomic E-state index is 11.9. The highest BCUT2D eigenvalue weighted by Gasteiger charge is 2.15. The Balaban J connectivity index is 1.84. The second-order valence-electron chi connectivity index (χ2n) is 5.83. The molecule has 3 N–H and O–H groups in total. The fourth-order valence-electron chi connectivity index (χ4n) is 2.31. The normalized spacial score (nSPS) is 12.2. The Morgan fingerprint density at radius 2 is 2.04 bits per heavy atom. The summed E-state index contributed by atoms with van der Waals surface area (Å²) in [7, 11) is 0. The first-order valence-corrected chi connectivity index (χ1v) is 7.82. The number of hydrogen-bond donors (Lipinski definition) is 3. The summed E-state index contributed by atoms with van der Waals surface area (Å²) in [5, 5.41) is 14.8. The van der Waals surface area contributed by atoms with E-state index in [0.717, 1.165) is 11.3 Å². The van der Waals surface area contributed by atoms with Crippen molar-refractivity contribution in [2.75, 3.05) is 6.61 Å². The van der Waals surface area contributed by atoms with Crippen molar-refractivity contribution >= 4 is 6.03 Å². The van der Waals surface area contributed by atoms with Crippen LogP contribution in [0.1, 0.15) is 25.8 Å². The van der Waals surface area contributed by atoms with Gasteiger partial charge in [0.25, 0.3) is 0 Å². The van der Waals surface area contributed by atoms with E-state index in [0.29, 0.717) is 13.0 Å². The summed E-state index contributed by atoms with van der Waals surface area (Å²) in [6, 6.07) is 7.69. The third-order valence-corrected chi connectivity index (χ3v) is 3.75. The Morgan fingerprint density at radius 3 is 2.61 bits per heavy atom. The number of nitrogens with one attached hydrogen (secondary N) is 2. The number of urea groups is 1. The summed E-state index contributed by atoms with van der Waals surface area (Å²) in [4.78, 5) is 16.0. The van der Waals surface area contributed by atoms with Crippen molar-refractivity contribution in [3.63, 3.8) is 0 Å². The highest BCUT2D eigenvalue weighted by molar-refractivity contribution is 5.74. The van der Waals surface area contributed by atoms with Gasteiger partial charge in [0.2, 0.25) is 0 Å². The minimum atomic E-state index is -0.212. The molecule has 2 amide bonds. The Kier molecular flexibility index (Phi) is 6.17. The van der Waals surface area contributed by atoms with Gasteiger partial charge in [-0.25, -0.2) is 9.78 Å². The zero-order chi connectivity index (χ0) is 16.7. The zero-order valence-corrected chi connectivity index (χ0v) is 13.6. The monoisotopic (exact) mass is 316 g/mol. The van der Waals surface area contributed by atoms with Crippen molar-refractivity contribution in [1.82, 2.24) is 20.2 Å². The van der Waals surface area contributed by atoms with Gasteiger partial charge in [0.1, 0.15) is 0 Å². The van der Waals surface area contributed by atoms with Crippen molar-refractivity contribution in [3.8, 4) is 5.69 Å². The van der Waals surface area contributed by atoms with E-state index >= 15 is 0 Å². The molecule has 1 heterocycles. The highest BCUT2D eigenvalue weighted by atomic mass is 16.3. The van der Waals surface area contributed by atoms with Gasteiger partial charge in [0, 0.05) is 37.3 Å². The second kappa shape index (κ2) is 8.33. The first-order valence-electron chi connectivity index (χ1n) is 7.82. The van der Waals surface area contributed by atoms with Crippen molar-refractivity contribution < 1.29 is 9.90 Å². The number of hydrogen-bond acceptors (Lipinski definition) is 3. The Labute approximate surface area is 136 Å². The average molecular weight is 316 g/mol. The number of aromatic nitrogens is 2. The fourth-order valence-corrected chi connectivity index (χ4v) is 2.31. The second-order valence-corrected chi connectivity index (χ2v) is 5.83. The number of imidazole rings is 1. The van der Waals surface area contributed by atoms with Crippen molar-refractivity contribution in [3.05, 3.63) is 48.5 Å². The van der Waals surface area contributed by atoms with Crippen LogP contribution in [0.25, 0.3) is 5.69 Å². The molecule has 0 bridgehead atoms. The molecule has 1 aromatic carbocycles. The third-order valence-electron chi connectivity index (χ3n) is 3.75. The molecule has 124 valence electrons. The van der Waals surface area contributed by atoms with Crippen molar-refractivity contribution in [2.45, 2.75) is 32.9 Å². The number of nitrogens with zero attached hydrogens (tertiary/aromatic N) is 2. The van der Waals surface area contributed by atoms with E-state index in [1.54, 1.807) is 12.5 Å². The van der Waals surface area contributed by atoms with Gasteiger partial charge in [-0.05, 0) is 30.0 Å². The van der Waals surface area contributed by atoms with Gasteiger partial charge in [-0.15, -0.1) is 0 Å². The lowest BCUT2D eigenvalue weighted by molar-refractivity contribution is 0.218. The first kappa shape index (κ1) is 17.0. The van der Waals surface area contributed by atoms with Crippen LogP contribution in [0.4, 0.5) is 4.79 Å². The number of amides is 2. The average Bonchev–Trinajstić information content (AvgIpc) is 3.07. The number of aliphatic hydroxyl groups is 1. The molecule has 6 nitrogen and oxygen atoms in total. The third kappa shape index (κ3) is 5.10. The van der Waals surface area contributed by atoms with Gasteiger partial charge in [0.05, 0.1) is 6.33 Å². The lowest BCUT2D eigenvalue weighted by atomic mass is 10.0. The van der Waals surface area contributed by atoms with Crippen LogP contribution >= 0.6 is 0 Å². The predicted octanol–water partition coefficient (Wildman–Crippen LogP) is 2.08. The van der Waals surface area contributed by atoms with Crippen LogP contribution in [0.2, 0.25) is 0 Å². The molecule has 1 atom stereocenters. The summed E-state index contributed by atoms with van der Waals surface area (Å²) >= 11 is 0. The standard InChI is InChI=1S/C17H24N4O2/c1-13(2)16(7-10-22)20-17(23)19-11-14-3-5-15(6-4-14)21-9-8-18-12-21/h3-6,8-9,12-13,16,22H,7,10-11H2,1-2H3,(H2,19,20,23). The van der Waals surface area contributed by atoms with E-state index < -0.39 is 0 Å². The minimum absolute atomic E-state index is 0.0244. The lowest BCUT2D eigenvalue weighted by Crippen LogP contribution is -2.44. The van der Waals surface area contributed by atoms with E-state index in [4.69, 9.17) is 5.11 Å².